The molecule has 0 aliphatic rings. The molecule has 11 heavy (non-hydrogen) atoms. The van der Waals surface area contributed by atoms with E-state index in [9.17, 15) is 4.79 Å². The Morgan fingerprint density at radius 3 is 2.64 bits per heavy atom. The Labute approximate surface area is 66.6 Å². The Balaban J connectivity index is 3.32. The Kier molecular flexibility index (Phi) is 4.91. The van der Waals surface area contributed by atoms with Crippen molar-refractivity contribution in [1.82, 2.24) is 10.6 Å². The first-order valence-electron chi connectivity index (χ1n) is 3.55. The Morgan fingerprint density at radius 2 is 2.18 bits per heavy atom. The predicted molar refractivity (Wildman–Crippen MR) is 41.9 cm³/mol. The molecular formula is C7H13N3O. The zero-order valence-electron chi connectivity index (χ0n) is 6.85. The summed E-state index contributed by atoms with van der Waals surface area (Å²) < 4.78 is 0. The van der Waals surface area contributed by atoms with Crippen molar-refractivity contribution < 1.29 is 4.79 Å². The molecule has 0 radical (unpaired) electrons. The van der Waals surface area contributed by atoms with Crippen molar-refractivity contribution in [2.75, 3.05) is 13.1 Å². The van der Waals surface area contributed by atoms with E-state index < -0.39 is 0 Å². The van der Waals surface area contributed by atoms with Crippen molar-refractivity contribution >= 4 is 6.03 Å². The van der Waals surface area contributed by atoms with E-state index in [1.54, 1.807) is 0 Å². The first kappa shape index (κ1) is 9.76. The molecule has 0 aromatic rings. The maximum atomic E-state index is 10.7. The van der Waals surface area contributed by atoms with Gasteiger partial charge in [-0.1, -0.05) is 13.8 Å². The molecule has 0 fully saturated rings. The van der Waals surface area contributed by atoms with Gasteiger partial charge >= 0.3 is 6.03 Å². The fourth-order valence-corrected chi connectivity index (χ4v) is 0.479. The molecule has 4 nitrogen and oxygen atoms in total. The van der Waals surface area contributed by atoms with E-state index in [1.165, 1.54) is 0 Å². The lowest BCUT2D eigenvalue weighted by Gasteiger charge is -2.06. The minimum absolute atomic E-state index is 0.0595. The van der Waals surface area contributed by atoms with E-state index in [4.69, 9.17) is 5.26 Å². The molecule has 4 heteroatoms. The van der Waals surface area contributed by atoms with Crippen molar-refractivity contribution in [2.24, 2.45) is 5.92 Å². The third-order valence-corrected chi connectivity index (χ3v) is 0.999. The largest absolute Gasteiger partial charge is 0.338 e. The number of nitrogens with zero attached hydrogens (tertiary/aromatic N) is 1. The number of carbonyl (C=O) groups excluding carboxylic acids is 1. The Morgan fingerprint density at radius 1 is 1.55 bits per heavy atom. The number of carbonyl (C=O) groups is 1. The average molecular weight is 155 g/mol. The van der Waals surface area contributed by atoms with E-state index in [2.05, 4.69) is 10.6 Å². The maximum absolute atomic E-state index is 10.7. The number of nitrogens with one attached hydrogen (secondary N) is 2. The summed E-state index contributed by atoms with van der Waals surface area (Å²) in [6, 6.07) is 1.54. The van der Waals surface area contributed by atoms with E-state index in [1.807, 2.05) is 19.9 Å². The van der Waals surface area contributed by atoms with Gasteiger partial charge in [0.1, 0.15) is 6.54 Å². The minimum atomic E-state index is -0.278. The van der Waals surface area contributed by atoms with Crippen LogP contribution in [0, 0.1) is 17.2 Å². The molecule has 0 aromatic heterocycles. The molecule has 0 aromatic carbocycles. The van der Waals surface area contributed by atoms with Crippen molar-refractivity contribution in [3.8, 4) is 6.07 Å². The molecule has 62 valence electrons. The van der Waals surface area contributed by atoms with E-state index in [0.717, 1.165) is 0 Å². The molecule has 0 rings (SSSR count). The van der Waals surface area contributed by atoms with Gasteiger partial charge in [-0.2, -0.15) is 5.26 Å². The second-order valence-electron chi connectivity index (χ2n) is 2.62. The maximum Gasteiger partial charge on any atom is 0.315 e. The van der Waals surface area contributed by atoms with Gasteiger partial charge in [0.05, 0.1) is 6.07 Å². The Hall–Kier alpha value is -1.24. The van der Waals surface area contributed by atoms with Crippen LogP contribution in [0.1, 0.15) is 13.8 Å². The molecule has 0 saturated carbocycles. The SMILES string of the molecule is CC(C)CNC(=O)NCC#N. The highest BCUT2D eigenvalue weighted by atomic mass is 16.2. The van der Waals surface area contributed by atoms with Crippen LogP contribution in [0.4, 0.5) is 4.79 Å². The highest BCUT2D eigenvalue weighted by molar-refractivity contribution is 5.73. The molecule has 0 aliphatic carbocycles. The smallest absolute Gasteiger partial charge is 0.315 e. The summed E-state index contributed by atoms with van der Waals surface area (Å²) in [5, 5.41) is 13.1. The number of urea groups is 1. The van der Waals surface area contributed by atoms with Gasteiger partial charge in [-0.25, -0.2) is 4.79 Å². The summed E-state index contributed by atoms with van der Waals surface area (Å²) >= 11 is 0. The minimum Gasteiger partial charge on any atom is -0.338 e. The summed E-state index contributed by atoms with van der Waals surface area (Å²) in [5.41, 5.74) is 0. The second-order valence-corrected chi connectivity index (χ2v) is 2.62. The van der Waals surface area contributed by atoms with Gasteiger partial charge in [-0.05, 0) is 5.92 Å². The van der Waals surface area contributed by atoms with Crippen molar-refractivity contribution in [3.63, 3.8) is 0 Å². The van der Waals surface area contributed by atoms with Crippen molar-refractivity contribution in [3.05, 3.63) is 0 Å². The topological polar surface area (TPSA) is 64.9 Å². The fourth-order valence-electron chi connectivity index (χ4n) is 0.479. The monoisotopic (exact) mass is 155 g/mol. The highest BCUT2D eigenvalue weighted by Crippen LogP contribution is 1.85. The second kappa shape index (κ2) is 5.54. The molecule has 0 atom stereocenters. The lowest BCUT2D eigenvalue weighted by molar-refractivity contribution is 0.240. The lowest BCUT2D eigenvalue weighted by atomic mass is 10.2. The molecule has 0 spiro atoms. The molecule has 2 amide bonds. The molecule has 0 unspecified atom stereocenters. The molecular weight excluding hydrogens is 142 g/mol. The van der Waals surface area contributed by atoms with Crippen molar-refractivity contribution in [2.45, 2.75) is 13.8 Å². The van der Waals surface area contributed by atoms with Crippen LogP contribution in [0.2, 0.25) is 0 Å². The molecule has 2 N–H and O–H groups in total. The fraction of sp³-hybridized carbons (Fsp3) is 0.714. The third kappa shape index (κ3) is 6.65. The quantitative estimate of drug-likeness (QED) is 0.582. The van der Waals surface area contributed by atoms with Gasteiger partial charge in [-0.3, -0.25) is 0 Å². The predicted octanol–water partition coefficient (Wildman–Crippen LogP) is 0.465. The summed E-state index contributed by atoms with van der Waals surface area (Å²) in [6.45, 7) is 4.70. The van der Waals surface area contributed by atoms with E-state index in [0.29, 0.717) is 12.5 Å². The zero-order valence-corrected chi connectivity index (χ0v) is 6.85. The van der Waals surface area contributed by atoms with Crippen LogP contribution in [-0.2, 0) is 0 Å². The van der Waals surface area contributed by atoms with Gasteiger partial charge in [0.2, 0.25) is 0 Å². The summed E-state index contributed by atoms with van der Waals surface area (Å²) in [7, 11) is 0. The number of hydrogen-bond donors (Lipinski definition) is 2. The van der Waals surface area contributed by atoms with Crippen LogP contribution < -0.4 is 10.6 Å². The van der Waals surface area contributed by atoms with Crippen LogP contribution in [0.5, 0.6) is 0 Å². The van der Waals surface area contributed by atoms with Crippen LogP contribution in [-0.4, -0.2) is 19.1 Å². The van der Waals surface area contributed by atoms with Crippen LogP contribution in [0.25, 0.3) is 0 Å². The normalized spacial score (nSPS) is 8.91. The van der Waals surface area contributed by atoms with Crippen LogP contribution in [0.15, 0.2) is 0 Å². The van der Waals surface area contributed by atoms with Crippen LogP contribution >= 0.6 is 0 Å². The van der Waals surface area contributed by atoms with Gasteiger partial charge in [0, 0.05) is 6.54 Å². The average Bonchev–Trinajstić information content (AvgIpc) is 1.97. The summed E-state index contributed by atoms with van der Waals surface area (Å²) in [4.78, 5) is 10.7. The Bertz CT molecular complexity index is 160. The van der Waals surface area contributed by atoms with Gasteiger partial charge in [0.15, 0.2) is 0 Å². The lowest BCUT2D eigenvalue weighted by Crippen LogP contribution is -2.37. The summed E-state index contributed by atoms with van der Waals surface area (Å²) in [6.07, 6.45) is 0. The number of rotatable bonds is 3. The molecule has 0 bridgehead atoms. The number of hydrogen-bond acceptors (Lipinski definition) is 2. The standard InChI is InChI=1S/C7H13N3O/c1-6(2)5-10-7(11)9-4-3-8/h6H,4-5H2,1-2H3,(H2,9,10,11). The van der Waals surface area contributed by atoms with E-state index in [-0.39, 0.29) is 12.6 Å². The molecule has 0 saturated heterocycles. The van der Waals surface area contributed by atoms with Gasteiger partial charge in [0.25, 0.3) is 0 Å². The number of nitriles is 1. The van der Waals surface area contributed by atoms with Crippen LogP contribution in [0.3, 0.4) is 0 Å². The first-order chi connectivity index (χ1) is 5.16. The highest BCUT2D eigenvalue weighted by Gasteiger charge is 1.98. The summed E-state index contributed by atoms with van der Waals surface area (Å²) in [5.74, 6) is 0.433. The van der Waals surface area contributed by atoms with E-state index >= 15 is 0 Å². The molecule has 0 aliphatic heterocycles. The number of amides is 2. The van der Waals surface area contributed by atoms with Gasteiger partial charge in [-0.15, -0.1) is 0 Å². The first-order valence-corrected chi connectivity index (χ1v) is 3.55. The van der Waals surface area contributed by atoms with Gasteiger partial charge < -0.3 is 10.6 Å². The zero-order chi connectivity index (χ0) is 8.69. The van der Waals surface area contributed by atoms with Crippen molar-refractivity contribution in [1.29, 1.82) is 5.26 Å². The third-order valence-electron chi connectivity index (χ3n) is 0.999. The molecule has 0 heterocycles.